The van der Waals surface area contributed by atoms with E-state index in [2.05, 4.69) is 0 Å². The molecule has 0 radical (unpaired) electrons. The lowest BCUT2D eigenvalue weighted by atomic mass is 10.0. The summed E-state index contributed by atoms with van der Waals surface area (Å²) in [5.74, 6) is 1.91. The van der Waals surface area contributed by atoms with Crippen LogP contribution in [0.1, 0.15) is 24.0 Å². The number of phenolic OH excluding ortho intramolecular Hbond substituents is 1. The number of carbonyl (C=O) groups is 1. The van der Waals surface area contributed by atoms with Gasteiger partial charge in [0.05, 0.1) is 13.2 Å². The number of methoxy groups -OCH3 is 1. The van der Waals surface area contributed by atoms with Crippen molar-refractivity contribution in [3.63, 3.8) is 0 Å². The van der Waals surface area contributed by atoms with Crippen LogP contribution in [0.25, 0.3) is 6.08 Å². The first kappa shape index (κ1) is 22.1. The molecule has 0 aromatic heterocycles. The standard InChI is InChI=1S/C26H26O5/c1-30-26-17-20(11-16-25(26)29)8-13-22(28)18-21(27)12-7-19-9-14-24(15-10-19)31-23-5-3-2-4-6-23/h2-7,9-12,14-17,21,27,29H,8,13,18H2,1H3/b12-7+. The number of aryl methyl sites for hydroxylation is 1. The van der Waals surface area contributed by atoms with Crippen LogP contribution in [-0.2, 0) is 11.2 Å². The second kappa shape index (κ2) is 11.0. The van der Waals surface area contributed by atoms with Gasteiger partial charge in [0.15, 0.2) is 11.5 Å². The highest BCUT2D eigenvalue weighted by molar-refractivity contribution is 5.79. The number of aliphatic hydroxyl groups is 1. The van der Waals surface area contributed by atoms with Crippen LogP contribution in [0, 0.1) is 0 Å². The number of Topliss-reactive ketones (excluding diaryl/α,β-unsaturated/α-hetero) is 1. The first-order valence-corrected chi connectivity index (χ1v) is 10.1. The number of hydrogen-bond acceptors (Lipinski definition) is 5. The number of aromatic hydroxyl groups is 1. The Bertz CT molecular complexity index is 1010. The summed E-state index contributed by atoms with van der Waals surface area (Å²) in [5.41, 5.74) is 1.80. The molecule has 5 heteroatoms. The van der Waals surface area contributed by atoms with E-state index in [-0.39, 0.29) is 18.0 Å². The lowest BCUT2D eigenvalue weighted by Gasteiger charge is -2.08. The summed E-state index contributed by atoms with van der Waals surface area (Å²) in [6.45, 7) is 0. The van der Waals surface area contributed by atoms with E-state index in [1.807, 2.05) is 54.6 Å². The van der Waals surface area contributed by atoms with E-state index in [1.54, 1.807) is 30.4 Å². The van der Waals surface area contributed by atoms with E-state index in [0.29, 0.717) is 18.6 Å². The summed E-state index contributed by atoms with van der Waals surface area (Å²) in [4.78, 5) is 12.2. The molecule has 0 aliphatic carbocycles. The number of carbonyl (C=O) groups excluding carboxylic acids is 1. The first-order valence-electron chi connectivity index (χ1n) is 10.1. The van der Waals surface area contributed by atoms with E-state index in [4.69, 9.17) is 9.47 Å². The van der Waals surface area contributed by atoms with Crippen LogP contribution in [0.3, 0.4) is 0 Å². The van der Waals surface area contributed by atoms with E-state index < -0.39 is 6.10 Å². The van der Waals surface area contributed by atoms with Crippen molar-refractivity contribution in [1.29, 1.82) is 0 Å². The minimum atomic E-state index is -0.845. The highest BCUT2D eigenvalue weighted by Crippen LogP contribution is 2.27. The molecule has 0 spiro atoms. The molecule has 3 rings (SSSR count). The van der Waals surface area contributed by atoms with Gasteiger partial charge < -0.3 is 19.7 Å². The molecular formula is C26H26O5. The summed E-state index contributed by atoms with van der Waals surface area (Å²) in [6.07, 6.45) is 3.45. The van der Waals surface area contributed by atoms with Crippen molar-refractivity contribution in [2.24, 2.45) is 0 Å². The minimum absolute atomic E-state index is 0.0317. The Kier molecular flexibility index (Phi) is 7.85. The van der Waals surface area contributed by atoms with Crippen LogP contribution < -0.4 is 9.47 Å². The monoisotopic (exact) mass is 418 g/mol. The number of rotatable bonds is 10. The second-order valence-electron chi connectivity index (χ2n) is 7.16. The Morgan fingerprint density at radius 3 is 2.42 bits per heavy atom. The summed E-state index contributed by atoms with van der Waals surface area (Å²) in [6, 6.07) is 22.0. The van der Waals surface area contributed by atoms with Crippen molar-refractivity contribution in [3.8, 4) is 23.0 Å². The molecule has 0 bridgehead atoms. The van der Waals surface area contributed by atoms with Gasteiger partial charge in [0, 0.05) is 12.8 Å². The van der Waals surface area contributed by atoms with Crippen LogP contribution in [-0.4, -0.2) is 29.2 Å². The molecule has 31 heavy (non-hydrogen) atoms. The van der Waals surface area contributed by atoms with E-state index >= 15 is 0 Å². The zero-order chi connectivity index (χ0) is 22.1. The molecular weight excluding hydrogens is 392 g/mol. The Morgan fingerprint density at radius 2 is 1.71 bits per heavy atom. The van der Waals surface area contributed by atoms with Gasteiger partial charge in [-0.2, -0.15) is 0 Å². The molecule has 5 nitrogen and oxygen atoms in total. The maximum Gasteiger partial charge on any atom is 0.160 e. The van der Waals surface area contributed by atoms with E-state index in [0.717, 1.165) is 22.6 Å². The summed E-state index contributed by atoms with van der Waals surface area (Å²) >= 11 is 0. The van der Waals surface area contributed by atoms with Crippen molar-refractivity contribution in [2.45, 2.75) is 25.4 Å². The molecule has 3 aromatic rings. The zero-order valence-corrected chi connectivity index (χ0v) is 17.4. The largest absolute Gasteiger partial charge is 0.504 e. The fourth-order valence-corrected chi connectivity index (χ4v) is 3.06. The number of ketones is 1. The van der Waals surface area contributed by atoms with Gasteiger partial charge >= 0.3 is 0 Å². The van der Waals surface area contributed by atoms with Crippen LogP contribution in [0.5, 0.6) is 23.0 Å². The van der Waals surface area contributed by atoms with Gasteiger partial charge in [-0.25, -0.2) is 0 Å². The molecule has 0 amide bonds. The highest BCUT2D eigenvalue weighted by atomic mass is 16.5. The van der Waals surface area contributed by atoms with Crippen LogP contribution >= 0.6 is 0 Å². The van der Waals surface area contributed by atoms with Crippen molar-refractivity contribution in [1.82, 2.24) is 0 Å². The third-order valence-electron chi connectivity index (χ3n) is 4.74. The fraction of sp³-hybridized carbons (Fsp3) is 0.192. The molecule has 1 unspecified atom stereocenters. The average molecular weight is 418 g/mol. The molecule has 0 saturated heterocycles. The molecule has 3 aromatic carbocycles. The number of hydrogen-bond donors (Lipinski definition) is 2. The molecule has 0 heterocycles. The van der Waals surface area contributed by atoms with E-state index in [9.17, 15) is 15.0 Å². The minimum Gasteiger partial charge on any atom is -0.504 e. The Morgan fingerprint density at radius 1 is 1.00 bits per heavy atom. The maximum atomic E-state index is 12.2. The fourth-order valence-electron chi connectivity index (χ4n) is 3.06. The number of benzene rings is 3. The smallest absolute Gasteiger partial charge is 0.160 e. The van der Waals surface area contributed by atoms with Crippen molar-refractivity contribution < 1.29 is 24.5 Å². The van der Waals surface area contributed by atoms with Gasteiger partial charge in [0.1, 0.15) is 17.3 Å². The topological polar surface area (TPSA) is 76.0 Å². The van der Waals surface area contributed by atoms with Crippen LogP contribution in [0.4, 0.5) is 0 Å². The van der Waals surface area contributed by atoms with Gasteiger partial charge in [-0.3, -0.25) is 4.79 Å². The number of ether oxygens (including phenoxy) is 2. The third-order valence-corrected chi connectivity index (χ3v) is 4.74. The second-order valence-corrected chi connectivity index (χ2v) is 7.16. The van der Waals surface area contributed by atoms with Gasteiger partial charge in [-0.15, -0.1) is 0 Å². The van der Waals surface area contributed by atoms with Crippen molar-refractivity contribution in [3.05, 3.63) is 90.0 Å². The molecule has 2 N–H and O–H groups in total. The number of phenols is 1. The van der Waals surface area contributed by atoms with Crippen LogP contribution in [0.2, 0.25) is 0 Å². The van der Waals surface area contributed by atoms with Crippen molar-refractivity contribution in [2.75, 3.05) is 7.11 Å². The molecule has 160 valence electrons. The molecule has 0 fully saturated rings. The summed E-state index contributed by atoms with van der Waals surface area (Å²) in [7, 11) is 1.48. The van der Waals surface area contributed by atoms with Crippen LogP contribution in [0.15, 0.2) is 78.9 Å². The number of para-hydroxylation sites is 1. The van der Waals surface area contributed by atoms with E-state index in [1.165, 1.54) is 7.11 Å². The lowest BCUT2D eigenvalue weighted by Crippen LogP contribution is -2.11. The van der Waals surface area contributed by atoms with Gasteiger partial charge in [-0.05, 0) is 53.9 Å². The van der Waals surface area contributed by atoms with Crippen molar-refractivity contribution >= 4 is 11.9 Å². The maximum absolute atomic E-state index is 12.2. The number of aliphatic hydroxyl groups excluding tert-OH is 1. The predicted molar refractivity (Wildman–Crippen MR) is 121 cm³/mol. The third kappa shape index (κ3) is 7.01. The first-order chi connectivity index (χ1) is 15.0. The zero-order valence-electron chi connectivity index (χ0n) is 17.4. The molecule has 0 aliphatic rings. The lowest BCUT2D eigenvalue weighted by molar-refractivity contribution is -0.120. The summed E-state index contributed by atoms with van der Waals surface area (Å²) < 4.78 is 10.8. The highest BCUT2D eigenvalue weighted by Gasteiger charge is 2.10. The van der Waals surface area contributed by atoms with Gasteiger partial charge in [-0.1, -0.05) is 48.6 Å². The predicted octanol–water partition coefficient (Wildman–Crippen LogP) is 5.16. The van der Waals surface area contributed by atoms with Gasteiger partial charge in [0.25, 0.3) is 0 Å². The normalized spacial score (nSPS) is 11.9. The molecule has 0 aliphatic heterocycles. The Hall–Kier alpha value is -3.57. The molecule has 0 saturated carbocycles. The molecule has 1 atom stereocenters. The summed E-state index contributed by atoms with van der Waals surface area (Å²) in [5, 5.41) is 19.8. The Balaban J connectivity index is 1.46. The quantitative estimate of drug-likeness (QED) is 0.476. The van der Waals surface area contributed by atoms with Gasteiger partial charge in [0.2, 0.25) is 0 Å². The Labute approximate surface area is 182 Å². The average Bonchev–Trinajstić information content (AvgIpc) is 2.79. The SMILES string of the molecule is COc1cc(CCC(=O)CC(O)/C=C/c2ccc(Oc3ccccc3)cc2)ccc1O.